The van der Waals surface area contributed by atoms with Crippen molar-refractivity contribution in [1.29, 1.82) is 0 Å². The van der Waals surface area contributed by atoms with Crippen LogP contribution in [0.4, 0.5) is 4.79 Å². The lowest BCUT2D eigenvalue weighted by molar-refractivity contribution is -0.126. The van der Waals surface area contributed by atoms with Crippen molar-refractivity contribution in [2.24, 2.45) is 5.84 Å². The molecule has 0 saturated carbocycles. The summed E-state index contributed by atoms with van der Waals surface area (Å²) in [4.78, 5) is 35.1. The zero-order chi connectivity index (χ0) is 15.0. The average Bonchev–Trinajstić information content (AvgIpc) is 2.49. The SMILES string of the molecule is CCN(N)C(=O)N(CC=O)C(=O)C=Cc1ccccc1. The molecule has 1 rings (SSSR count). The van der Waals surface area contributed by atoms with E-state index in [1.165, 1.54) is 6.08 Å². The molecule has 0 aliphatic carbocycles. The molecule has 0 spiro atoms. The lowest BCUT2D eigenvalue weighted by atomic mass is 10.2. The second-order valence-electron chi connectivity index (χ2n) is 3.93. The topological polar surface area (TPSA) is 83.7 Å². The first-order valence-electron chi connectivity index (χ1n) is 6.14. The zero-order valence-corrected chi connectivity index (χ0v) is 11.2. The minimum Gasteiger partial charge on any atom is -0.301 e. The number of imide groups is 1. The summed E-state index contributed by atoms with van der Waals surface area (Å²) in [5, 5.41) is 0.873. The second kappa shape index (κ2) is 7.85. The van der Waals surface area contributed by atoms with Crippen LogP contribution in [0, 0.1) is 0 Å². The van der Waals surface area contributed by atoms with Crippen molar-refractivity contribution in [3.05, 3.63) is 42.0 Å². The number of aldehydes is 1. The Morgan fingerprint density at radius 1 is 1.25 bits per heavy atom. The van der Waals surface area contributed by atoms with E-state index in [0.29, 0.717) is 6.29 Å². The third kappa shape index (κ3) is 4.33. The number of carbonyl (C=O) groups is 3. The van der Waals surface area contributed by atoms with Gasteiger partial charge in [0, 0.05) is 12.6 Å². The summed E-state index contributed by atoms with van der Waals surface area (Å²) in [6.45, 7) is 1.58. The fourth-order valence-electron chi connectivity index (χ4n) is 1.45. The quantitative estimate of drug-likeness (QED) is 0.286. The van der Waals surface area contributed by atoms with Gasteiger partial charge in [-0.05, 0) is 18.6 Å². The van der Waals surface area contributed by atoms with Gasteiger partial charge in [0.2, 0.25) is 0 Å². The van der Waals surface area contributed by atoms with E-state index in [4.69, 9.17) is 5.84 Å². The first-order chi connectivity index (χ1) is 9.60. The van der Waals surface area contributed by atoms with E-state index in [0.717, 1.165) is 15.5 Å². The van der Waals surface area contributed by atoms with Gasteiger partial charge in [0.25, 0.3) is 5.91 Å². The van der Waals surface area contributed by atoms with Crippen molar-refractivity contribution in [3.8, 4) is 0 Å². The number of urea groups is 1. The number of nitrogens with zero attached hydrogens (tertiary/aromatic N) is 2. The van der Waals surface area contributed by atoms with Crippen LogP contribution in [0.3, 0.4) is 0 Å². The maximum atomic E-state index is 11.9. The predicted molar refractivity (Wildman–Crippen MR) is 75.2 cm³/mol. The second-order valence-corrected chi connectivity index (χ2v) is 3.93. The Morgan fingerprint density at radius 3 is 2.45 bits per heavy atom. The Labute approximate surface area is 117 Å². The van der Waals surface area contributed by atoms with Crippen LogP contribution >= 0.6 is 0 Å². The van der Waals surface area contributed by atoms with E-state index in [-0.39, 0.29) is 13.1 Å². The van der Waals surface area contributed by atoms with Crippen LogP contribution in [0.5, 0.6) is 0 Å². The number of hydrazine groups is 1. The van der Waals surface area contributed by atoms with E-state index in [2.05, 4.69) is 0 Å². The zero-order valence-electron chi connectivity index (χ0n) is 11.2. The van der Waals surface area contributed by atoms with Gasteiger partial charge >= 0.3 is 6.03 Å². The van der Waals surface area contributed by atoms with E-state index in [9.17, 15) is 14.4 Å². The van der Waals surface area contributed by atoms with Gasteiger partial charge in [-0.15, -0.1) is 0 Å². The number of rotatable bonds is 5. The number of hydrogen-bond donors (Lipinski definition) is 1. The summed E-state index contributed by atoms with van der Waals surface area (Å²) in [7, 11) is 0. The fourth-order valence-corrected chi connectivity index (χ4v) is 1.45. The molecule has 2 N–H and O–H groups in total. The van der Waals surface area contributed by atoms with E-state index < -0.39 is 11.9 Å². The van der Waals surface area contributed by atoms with Crippen LogP contribution in [-0.2, 0) is 9.59 Å². The molecular formula is C14H17N3O3. The summed E-state index contributed by atoms with van der Waals surface area (Å²) in [6, 6.07) is 8.44. The van der Waals surface area contributed by atoms with Crippen molar-refractivity contribution in [3.63, 3.8) is 0 Å². The van der Waals surface area contributed by atoms with Crippen LogP contribution in [0.25, 0.3) is 6.08 Å². The molecule has 106 valence electrons. The molecule has 3 amide bonds. The van der Waals surface area contributed by atoms with Crippen molar-refractivity contribution < 1.29 is 14.4 Å². The molecule has 0 saturated heterocycles. The standard InChI is InChI=1S/C14H17N3O3/c1-2-17(15)14(20)16(10-11-18)13(19)9-8-12-6-4-3-5-7-12/h3-9,11H,2,10,15H2,1H3. The summed E-state index contributed by atoms with van der Waals surface area (Å²) in [6.07, 6.45) is 3.29. The van der Waals surface area contributed by atoms with Crippen molar-refractivity contribution >= 4 is 24.3 Å². The number of nitrogens with two attached hydrogens (primary N) is 1. The minimum absolute atomic E-state index is 0.240. The lowest BCUT2D eigenvalue weighted by Crippen LogP contribution is -2.49. The fraction of sp³-hybridized carbons (Fsp3) is 0.214. The lowest BCUT2D eigenvalue weighted by Gasteiger charge is -2.22. The molecule has 0 atom stereocenters. The summed E-state index contributed by atoms with van der Waals surface area (Å²) < 4.78 is 0. The van der Waals surface area contributed by atoms with Crippen molar-refractivity contribution in [2.75, 3.05) is 13.1 Å². The number of amides is 3. The summed E-state index contributed by atoms with van der Waals surface area (Å²) in [5.74, 6) is 4.85. The van der Waals surface area contributed by atoms with E-state index in [1.807, 2.05) is 30.3 Å². The van der Waals surface area contributed by atoms with Gasteiger partial charge in [-0.1, -0.05) is 30.3 Å². The molecule has 0 bridgehead atoms. The average molecular weight is 275 g/mol. The smallest absolute Gasteiger partial charge is 0.301 e. The van der Waals surface area contributed by atoms with Gasteiger partial charge in [0.15, 0.2) is 0 Å². The first kappa shape index (κ1) is 15.6. The maximum Gasteiger partial charge on any atom is 0.341 e. The molecule has 0 aliphatic heterocycles. The van der Waals surface area contributed by atoms with Crippen LogP contribution in [0.1, 0.15) is 12.5 Å². The summed E-state index contributed by atoms with van der Waals surface area (Å²) in [5.41, 5.74) is 0.819. The van der Waals surface area contributed by atoms with Gasteiger partial charge in [-0.25, -0.2) is 10.6 Å². The predicted octanol–water partition coefficient (Wildman–Crippen LogP) is 1.04. The highest BCUT2D eigenvalue weighted by atomic mass is 16.2. The highest BCUT2D eigenvalue weighted by molar-refractivity contribution is 6.03. The monoisotopic (exact) mass is 275 g/mol. The normalized spacial score (nSPS) is 10.3. The maximum absolute atomic E-state index is 11.9. The van der Waals surface area contributed by atoms with Crippen LogP contribution in [-0.4, -0.2) is 41.2 Å². The molecule has 1 aromatic rings. The van der Waals surface area contributed by atoms with Crippen molar-refractivity contribution in [1.82, 2.24) is 9.91 Å². The number of hydrogen-bond acceptors (Lipinski definition) is 4. The number of carbonyl (C=O) groups excluding carboxylic acids is 3. The van der Waals surface area contributed by atoms with E-state index >= 15 is 0 Å². The third-order valence-corrected chi connectivity index (χ3v) is 2.56. The molecule has 0 unspecified atom stereocenters. The first-order valence-corrected chi connectivity index (χ1v) is 6.14. The molecule has 20 heavy (non-hydrogen) atoms. The molecule has 1 aromatic carbocycles. The third-order valence-electron chi connectivity index (χ3n) is 2.56. The van der Waals surface area contributed by atoms with Gasteiger partial charge in [0.05, 0.1) is 6.54 Å². The van der Waals surface area contributed by atoms with E-state index in [1.54, 1.807) is 13.0 Å². The van der Waals surface area contributed by atoms with Crippen molar-refractivity contribution in [2.45, 2.75) is 6.92 Å². The van der Waals surface area contributed by atoms with Gasteiger partial charge in [-0.2, -0.15) is 0 Å². The Kier molecular flexibility index (Phi) is 6.12. The highest BCUT2D eigenvalue weighted by Gasteiger charge is 2.22. The molecule has 0 aliphatic rings. The molecule has 0 aromatic heterocycles. The Balaban J connectivity index is 2.81. The van der Waals surface area contributed by atoms with Gasteiger partial charge < -0.3 is 4.79 Å². The number of benzene rings is 1. The van der Waals surface area contributed by atoms with Gasteiger partial charge in [0.1, 0.15) is 6.29 Å². The molecule has 0 radical (unpaired) electrons. The molecule has 6 nitrogen and oxygen atoms in total. The van der Waals surface area contributed by atoms with Crippen LogP contribution in [0.15, 0.2) is 36.4 Å². The largest absolute Gasteiger partial charge is 0.341 e. The van der Waals surface area contributed by atoms with Gasteiger partial charge in [-0.3, -0.25) is 14.7 Å². The Hall–Kier alpha value is -2.47. The van der Waals surface area contributed by atoms with Crippen LogP contribution in [0.2, 0.25) is 0 Å². The molecule has 0 heterocycles. The highest BCUT2D eigenvalue weighted by Crippen LogP contribution is 2.03. The Morgan fingerprint density at radius 2 is 1.90 bits per heavy atom. The molecular weight excluding hydrogens is 258 g/mol. The minimum atomic E-state index is -0.706. The molecule has 6 heteroatoms. The Bertz CT molecular complexity index is 500. The van der Waals surface area contributed by atoms with Crippen LogP contribution < -0.4 is 5.84 Å². The summed E-state index contributed by atoms with van der Waals surface area (Å²) >= 11 is 0. The molecule has 0 fully saturated rings.